The molecule has 3 aromatic rings. The first-order valence-corrected chi connectivity index (χ1v) is 10.0. The summed E-state index contributed by atoms with van der Waals surface area (Å²) in [6.07, 6.45) is 0. The highest BCUT2D eigenvalue weighted by atomic mass is 35.5. The molecular weight excluding hydrogens is 432 g/mol. The zero-order chi connectivity index (χ0) is 21.1. The molecule has 0 radical (unpaired) electrons. The van der Waals surface area contributed by atoms with E-state index in [2.05, 4.69) is 10.6 Å². The molecule has 10 heteroatoms. The second-order valence-electron chi connectivity index (χ2n) is 6.20. The minimum atomic E-state index is -0.749. The third-order valence-electron chi connectivity index (χ3n) is 4.15. The molecule has 154 valence electrons. The van der Waals surface area contributed by atoms with Gasteiger partial charge in [-0.15, -0.1) is 11.3 Å². The number of carbonyl (C=O) groups excluding carboxylic acids is 3. The molecule has 8 nitrogen and oxygen atoms in total. The Morgan fingerprint density at radius 3 is 2.73 bits per heavy atom. The second-order valence-corrected chi connectivity index (χ2v) is 7.63. The minimum absolute atomic E-state index is 0.128. The highest BCUT2D eigenvalue weighted by Crippen LogP contribution is 2.35. The van der Waals surface area contributed by atoms with E-state index >= 15 is 0 Å². The van der Waals surface area contributed by atoms with E-state index in [4.69, 9.17) is 25.8 Å². The van der Waals surface area contributed by atoms with Gasteiger partial charge in [-0.3, -0.25) is 14.4 Å². The topological polar surface area (TPSA) is 103 Å². The summed E-state index contributed by atoms with van der Waals surface area (Å²) in [5.41, 5.74) is 0.480. The van der Waals surface area contributed by atoms with Gasteiger partial charge in [0.25, 0.3) is 11.8 Å². The molecule has 0 saturated carbocycles. The van der Waals surface area contributed by atoms with E-state index in [0.29, 0.717) is 27.1 Å². The van der Waals surface area contributed by atoms with Crippen LogP contribution < -0.4 is 20.1 Å². The molecule has 2 N–H and O–H groups in total. The Kier molecular flexibility index (Phi) is 5.73. The van der Waals surface area contributed by atoms with Gasteiger partial charge in [-0.1, -0.05) is 29.8 Å². The van der Waals surface area contributed by atoms with Crippen molar-refractivity contribution in [1.82, 2.24) is 5.32 Å². The lowest BCUT2D eigenvalue weighted by molar-refractivity contribution is -0.146. The second kappa shape index (κ2) is 8.60. The summed E-state index contributed by atoms with van der Waals surface area (Å²) in [4.78, 5) is 36.4. The number of ether oxygens (including phenoxy) is 3. The van der Waals surface area contributed by atoms with Crippen molar-refractivity contribution in [3.05, 3.63) is 52.4 Å². The molecule has 0 atom stereocenters. The van der Waals surface area contributed by atoms with Crippen molar-refractivity contribution in [2.45, 2.75) is 0 Å². The Hall–Kier alpha value is -3.30. The number of fused-ring (bicyclic) bond motifs is 2. The standard InChI is InChI=1S/C20H15ClN2O6S/c21-18-12-3-1-2-4-15(12)30-19(18)20(26)22-8-17(25)27-9-16(24)23-11-5-6-13-14(7-11)29-10-28-13/h1-7H,8-10H2,(H,22,26)(H,23,24). The average Bonchev–Trinajstić information content (AvgIpc) is 3.35. The Bertz CT molecular complexity index is 1150. The van der Waals surface area contributed by atoms with Crippen molar-refractivity contribution in [2.75, 3.05) is 25.3 Å². The highest BCUT2D eigenvalue weighted by Gasteiger charge is 2.18. The molecule has 2 amide bonds. The fourth-order valence-electron chi connectivity index (χ4n) is 2.76. The number of esters is 1. The number of thiophene rings is 1. The van der Waals surface area contributed by atoms with Crippen LogP contribution in [0.15, 0.2) is 42.5 Å². The summed E-state index contributed by atoms with van der Waals surface area (Å²) in [6, 6.07) is 12.3. The van der Waals surface area contributed by atoms with Crippen LogP contribution in [-0.2, 0) is 14.3 Å². The number of amides is 2. The maximum atomic E-state index is 12.3. The number of hydrogen-bond donors (Lipinski definition) is 2. The molecule has 0 bridgehead atoms. The van der Waals surface area contributed by atoms with E-state index in [9.17, 15) is 14.4 Å². The number of rotatable bonds is 6. The van der Waals surface area contributed by atoms with Crippen LogP contribution in [-0.4, -0.2) is 37.7 Å². The van der Waals surface area contributed by atoms with Gasteiger partial charge in [-0.2, -0.15) is 0 Å². The summed E-state index contributed by atoms with van der Waals surface area (Å²) in [5.74, 6) is -0.646. The molecule has 1 aliphatic rings. The largest absolute Gasteiger partial charge is 0.454 e. The Morgan fingerprint density at radius 2 is 1.90 bits per heavy atom. The molecule has 4 rings (SSSR count). The van der Waals surface area contributed by atoms with Crippen LogP contribution in [0, 0.1) is 0 Å². The van der Waals surface area contributed by atoms with E-state index in [1.165, 1.54) is 11.3 Å². The summed E-state index contributed by atoms with van der Waals surface area (Å²) in [5, 5.41) is 6.15. The predicted octanol–water partition coefficient (Wildman–Crippen LogP) is 3.20. The van der Waals surface area contributed by atoms with Gasteiger partial charge in [0.05, 0.1) is 5.02 Å². The smallest absolute Gasteiger partial charge is 0.325 e. The van der Waals surface area contributed by atoms with Gasteiger partial charge in [0, 0.05) is 21.8 Å². The zero-order valence-electron chi connectivity index (χ0n) is 15.4. The molecule has 0 aliphatic carbocycles. The van der Waals surface area contributed by atoms with Crippen LogP contribution >= 0.6 is 22.9 Å². The van der Waals surface area contributed by atoms with Crippen molar-refractivity contribution < 1.29 is 28.6 Å². The highest BCUT2D eigenvalue weighted by molar-refractivity contribution is 7.21. The lowest BCUT2D eigenvalue weighted by Gasteiger charge is -2.08. The number of carbonyl (C=O) groups is 3. The number of anilines is 1. The molecule has 0 spiro atoms. The van der Waals surface area contributed by atoms with Gasteiger partial charge >= 0.3 is 5.97 Å². The van der Waals surface area contributed by atoms with Gasteiger partial charge in [-0.05, 0) is 18.2 Å². The third kappa shape index (κ3) is 4.32. The molecule has 1 aromatic heterocycles. The predicted molar refractivity (Wildman–Crippen MR) is 111 cm³/mol. The Labute approximate surface area is 179 Å². The van der Waals surface area contributed by atoms with Gasteiger partial charge in [-0.25, -0.2) is 0 Å². The zero-order valence-corrected chi connectivity index (χ0v) is 17.0. The van der Waals surface area contributed by atoms with Crippen LogP contribution in [0.5, 0.6) is 11.5 Å². The monoisotopic (exact) mass is 446 g/mol. The fourth-order valence-corrected chi connectivity index (χ4v) is 4.19. The van der Waals surface area contributed by atoms with Gasteiger partial charge in [0.1, 0.15) is 11.4 Å². The molecule has 0 unspecified atom stereocenters. The summed E-state index contributed by atoms with van der Waals surface area (Å²) in [7, 11) is 0. The van der Waals surface area contributed by atoms with Gasteiger partial charge in [0.15, 0.2) is 18.1 Å². The summed E-state index contributed by atoms with van der Waals surface area (Å²) >= 11 is 7.48. The van der Waals surface area contributed by atoms with Gasteiger partial charge in [0.2, 0.25) is 6.79 Å². The lowest BCUT2D eigenvalue weighted by atomic mass is 10.2. The normalized spacial score (nSPS) is 11.9. The van der Waals surface area contributed by atoms with Gasteiger partial charge < -0.3 is 24.8 Å². The molecule has 2 aromatic carbocycles. The Balaban J connectivity index is 1.25. The van der Waals surface area contributed by atoms with Crippen LogP contribution in [0.25, 0.3) is 10.1 Å². The number of hydrogen-bond acceptors (Lipinski definition) is 7. The molecular formula is C20H15ClN2O6S. The maximum Gasteiger partial charge on any atom is 0.325 e. The van der Waals surface area contributed by atoms with E-state index < -0.39 is 24.4 Å². The van der Waals surface area contributed by atoms with E-state index in [1.54, 1.807) is 18.2 Å². The van der Waals surface area contributed by atoms with Crippen LogP contribution in [0.1, 0.15) is 9.67 Å². The molecule has 2 heterocycles. The molecule has 0 saturated heterocycles. The van der Waals surface area contributed by atoms with Crippen molar-refractivity contribution >= 4 is 56.5 Å². The number of halogens is 1. The first-order chi connectivity index (χ1) is 14.5. The SMILES string of the molecule is O=C(COC(=O)CNC(=O)c1sc2ccccc2c1Cl)Nc1ccc2c(c1)OCO2. The third-order valence-corrected chi connectivity index (χ3v) is 5.83. The van der Waals surface area contributed by atoms with Crippen molar-refractivity contribution in [2.24, 2.45) is 0 Å². The van der Waals surface area contributed by atoms with E-state index in [-0.39, 0.29) is 13.3 Å². The summed E-state index contributed by atoms with van der Waals surface area (Å²) < 4.78 is 16.2. The Morgan fingerprint density at radius 1 is 1.10 bits per heavy atom. The van der Waals surface area contributed by atoms with Crippen molar-refractivity contribution in [3.8, 4) is 11.5 Å². The van der Waals surface area contributed by atoms with Crippen LogP contribution in [0.2, 0.25) is 5.02 Å². The maximum absolute atomic E-state index is 12.3. The number of benzene rings is 2. The van der Waals surface area contributed by atoms with Crippen molar-refractivity contribution in [1.29, 1.82) is 0 Å². The molecule has 1 aliphatic heterocycles. The minimum Gasteiger partial charge on any atom is -0.454 e. The van der Waals surface area contributed by atoms with Crippen molar-refractivity contribution in [3.63, 3.8) is 0 Å². The van der Waals surface area contributed by atoms with Crippen LogP contribution in [0.4, 0.5) is 5.69 Å². The van der Waals surface area contributed by atoms with E-state index in [1.807, 2.05) is 24.3 Å². The first kappa shape index (κ1) is 20.0. The molecule has 0 fully saturated rings. The summed E-state index contributed by atoms with van der Waals surface area (Å²) in [6.45, 7) is -0.754. The number of nitrogens with one attached hydrogen (secondary N) is 2. The van der Waals surface area contributed by atoms with Crippen LogP contribution in [0.3, 0.4) is 0 Å². The lowest BCUT2D eigenvalue weighted by Crippen LogP contribution is -2.32. The first-order valence-electron chi connectivity index (χ1n) is 8.81. The average molecular weight is 447 g/mol. The van der Waals surface area contributed by atoms with E-state index in [0.717, 1.165) is 10.1 Å². The molecule has 30 heavy (non-hydrogen) atoms. The quantitative estimate of drug-likeness (QED) is 0.564. The fraction of sp³-hybridized carbons (Fsp3) is 0.150.